The van der Waals surface area contributed by atoms with Crippen molar-refractivity contribution in [3.63, 3.8) is 0 Å². The van der Waals surface area contributed by atoms with Crippen LogP contribution < -0.4 is 9.47 Å². The molecule has 0 spiro atoms. The fraction of sp³-hybridized carbons (Fsp3) is 0.357. The summed E-state index contributed by atoms with van der Waals surface area (Å²) in [6, 6.07) is 16.6. The molecule has 0 radical (unpaired) electrons. The van der Waals surface area contributed by atoms with Crippen LogP contribution in [0, 0.1) is 0 Å². The summed E-state index contributed by atoms with van der Waals surface area (Å²) in [7, 11) is 1.78. The van der Waals surface area contributed by atoms with Gasteiger partial charge in [0.15, 0.2) is 11.5 Å². The van der Waals surface area contributed by atoms with Crippen LogP contribution >= 0.6 is 0 Å². The minimum atomic E-state index is -0.164. The first-order chi connectivity index (χ1) is 16.7. The number of fused-ring (bicyclic) bond motifs is 2. The zero-order valence-corrected chi connectivity index (χ0v) is 20.8. The van der Waals surface area contributed by atoms with Crippen LogP contribution in [0.15, 0.2) is 60.8 Å². The third kappa shape index (κ3) is 5.92. The highest BCUT2D eigenvalue weighted by atomic mass is 16.5. The lowest BCUT2D eigenvalue weighted by atomic mass is 9.86. The Kier molecular flexibility index (Phi) is 7.26. The number of amides is 1. The van der Waals surface area contributed by atoms with Crippen molar-refractivity contribution in [2.75, 3.05) is 33.3 Å². The molecule has 7 heteroatoms. The normalized spacial score (nSPS) is 15.5. The monoisotopic (exact) mass is 475 g/mol. The second-order valence-corrected chi connectivity index (χ2v) is 9.85. The third-order valence-corrected chi connectivity index (χ3v) is 6.16. The number of aromatic nitrogens is 1. The summed E-state index contributed by atoms with van der Waals surface area (Å²) in [5.74, 6) is 1.44. The Morgan fingerprint density at radius 1 is 1.00 bits per heavy atom. The Morgan fingerprint density at radius 3 is 2.54 bits per heavy atom. The zero-order chi connectivity index (χ0) is 25.0. The highest BCUT2D eigenvalue weighted by molar-refractivity contribution is 5.96. The highest BCUT2D eigenvalue weighted by Crippen LogP contribution is 2.33. The van der Waals surface area contributed by atoms with Crippen LogP contribution in [-0.2, 0) is 12.0 Å². The summed E-state index contributed by atoms with van der Waals surface area (Å²) < 4.78 is 12.1. The fourth-order valence-electron chi connectivity index (χ4n) is 3.97. The number of likely N-dealkylation sites (N-methyl/N-ethyl adjacent to an activating group) is 1. The number of nitrogens with zero attached hydrogens (tertiary/aromatic N) is 3. The van der Waals surface area contributed by atoms with Gasteiger partial charge < -0.3 is 19.5 Å². The number of para-hydroxylation sites is 2. The topological polar surface area (TPSA) is 75.1 Å². The van der Waals surface area contributed by atoms with E-state index in [4.69, 9.17) is 9.47 Å². The Hall–Kier alpha value is -3.58. The number of phenols is 1. The van der Waals surface area contributed by atoms with E-state index in [0.717, 1.165) is 11.1 Å². The molecule has 1 aromatic heterocycles. The van der Waals surface area contributed by atoms with Crippen molar-refractivity contribution in [1.29, 1.82) is 0 Å². The minimum Gasteiger partial charge on any atom is -0.508 e. The zero-order valence-electron chi connectivity index (χ0n) is 20.8. The molecule has 0 fully saturated rings. The van der Waals surface area contributed by atoms with Crippen molar-refractivity contribution in [1.82, 2.24) is 14.8 Å². The first kappa shape index (κ1) is 24.5. The lowest BCUT2D eigenvalue weighted by molar-refractivity contribution is 0.0770. The van der Waals surface area contributed by atoms with E-state index < -0.39 is 0 Å². The van der Waals surface area contributed by atoms with Gasteiger partial charge in [0.1, 0.15) is 17.9 Å². The lowest BCUT2D eigenvalue weighted by Gasteiger charge is -2.27. The molecule has 0 atom stereocenters. The molecule has 0 unspecified atom stereocenters. The SMILES string of the molecule is CN1CCN(Cc2cc(C(C)(C)C)ccc2O)CCOc2ccccc2Oc2ncccc2C1=O. The molecule has 0 saturated carbocycles. The molecule has 0 bridgehead atoms. The number of carbonyl (C=O) groups is 1. The highest BCUT2D eigenvalue weighted by Gasteiger charge is 2.22. The summed E-state index contributed by atoms with van der Waals surface area (Å²) in [5, 5.41) is 10.6. The van der Waals surface area contributed by atoms with Gasteiger partial charge in [-0.2, -0.15) is 0 Å². The van der Waals surface area contributed by atoms with Gasteiger partial charge in [-0.25, -0.2) is 4.98 Å². The maximum absolute atomic E-state index is 13.2. The van der Waals surface area contributed by atoms with E-state index in [1.165, 1.54) is 0 Å². The molecule has 1 N–H and O–H groups in total. The molecule has 0 saturated heterocycles. The Balaban J connectivity index is 1.63. The van der Waals surface area contributed by atoms with Gasteiger partial charge >= 0.3 is 0 Å². The van der Waals surface area contributed by atoms with Crippen LogP contribution in [0.1, 0.15) is 42.3 Å². The minimum absolute atomic E-state index is 0.0244. The van der Waals surface area contributed by atoms with Crippen LogP contribution in [0.4, 0.5) is 0 Å². The van der Waals surface area contributed by atoms with E-state index in [0.29, 0.717) is 49.8 Å². The number of hydrogen-bond donors (Lipinski definition) is 1. The van der Waals surface area contributed by atoms with Gasteiger partial charge in [-0.15, -0.1) is 0 Å². The molecular formula is C28H33N3O4. The molecule has 0 aliphatic carbocycles. The molecule has 184 valence electrons. The summed E-state index contributed by atoms with van der Waals surface area (Å²) in [4.78, 5) is 21.4. The number of pyridine rings is 1. The van der Waals surface area contributed by atoms with Crippen LogP contribution in [-0.4, -0.2) is 59.1 Å². The average molecular weight is 476 g/mol. The molecule has 1 aliphatic rings. The van der Waals surface area contributed by atoms with Crippen LogP contribution in [0.5, 0.6) is 23.1 Å². The molecule has 35 heavy (non-hydrogen) atoms. The van der Waals surface area contributed by atoms with E-state index in [9.17, 15) is 9.90 Å². The van der Waals surface area contributed by atoms with Crippen LogP contribution in [0.25, 0.3) is 0 Å². The van der Waals surface area contributed by atoms with Crippen molar-refractivity contribution < 1.29 is 19.4 Å². The van der Waals surface area contributed by atoms with Gasteiger partial charge in [0.25, 0.3) is 5.91 Å². The molecule has 2 heterocycles. The smallest absolute Gasteiger partial charge is 0.259 e. The fourth-order valence-corrected chi connectivity index (χ4v) is 3.97. The number of phenolic OH excluding ortho intramolecular Hbond substituents is 1. The van der Waals surface area contributed by atoms with Gasteiger partial charge in [0, 0.05) is 45.0 Å². The summed E-state index contributed by atoms with van der Waals surface area (Å²) in [6.45, 7) is 9.16. The molecule has 3 aromatic rings. The Morgan fingerprint density at radius 2 is 1.77 bits per heavy atom. The molecule has 7 nitrogen and oxygen atoms in total. The second kappa shape index (κ2) is 10.4. The quantitative estimate of drug-likeness (QED) is 0.572. The number of hydrogen-bond acceptors (Lipinski definition) is 6. The van der Waals surface area contributed by atoms with Gasteiger partial charge in [0.05, 0.1) is 0 Å². The number of aromatic hydroxyl groups is 1. The van der Waals surface area contributed by atoms with Crippen molar-refractivity contribution in [3.05, 3.63) is 77.5 Å². The molecular weight excluding hydrogens is 442 g/mol. The average Bonchev–Trinajstić information content (AvgIpc) is 2.84. The van der Waals surface area contributed by atoms with E-state index in [2.05, 4.69) is 36.7 Å². The molecule has 4 rings (SSSR count). The number of benzene rings is 2. The largest absolute Gasteiger partial charge is 0.508 e. The van der Waals surface area contributed by atoms with Gasteiger partial charge in [-0.1, -0.05) is 45.0 Å². The van der Waals surface area contributed by atoms with E-state index in [1.807, 2.05) is 24.3 Å². The van der Waals surface area contributed by atoms with Crippen LogP contribution in [0.3, 0.4) is 0 Å². The predicted octanol–water partition coefficient (Wildman–Crippen LogP) is 4.84. The van der Waals surface area contributed by atoms with Crippen molar-refractivity contribution in [3.8, 4) is 23.1 Å². The molecule has 2 aromatic carbocycles. The summed E-state index contributed by atoms with van der Waals surface area (Å²) in [6.07, 6.45) is 1.60. The first-order valence-corrected chi connectivity index (χ1v) is 11.9. The lowest BCUT2D eigenvalue weighted by Crippen LogP contribution is -2.38. The van der Waals surface area contributed by atoms with E-state index >= 15 is 0 Å². The first-order valence-electron chi connectivity index (χ1n) is 11.9. The maximum atomic E-state index is 13.2. The summed E-state index contributed by atoms with van der Waals surface area (Å²) >= 11 is 0. The van der Waals surface area contributed by atoms with Crippen molar-refractivity contribution in [2.45, 2.75) is 32.7 Å². The standard InChI is InChI=1S/C28H33N3O4/c1-28(2,3)21-11-12-23(32)20(18-21)19-31-15-14-30(4)27(33)22-8-7-13-29-26(22)35-25-10-6-5-9-24(25)34-17-16-31/h5-13,18,32H,14-17,19H2,1-4H3. The molecule has 1 amide bonds. The second-order valence-electron chi connectivity index (χ2n) is 9.85. The van der Waals surface area contributed by atoms with Gasteiger partial charge in [-0.05, 0) is 41.3 Å². The Bertz CT molecular complexity index is 1190. The molecule has 1 aliphatic heterocycles. The Labute approximate surface area is 206 Å². The maximum Gasteiger partial charge on any atom is 0.259 e. The summed E-state index contributed by atoms with van der Waals surface area (Å²) in [5.41, 5.74) is 2.39. The van der Waals surface area contributed by atoms with Crippen molar-refractivity contribution >= 4 is 5.91 Å². The van der Waals surface area contributed by atoms with Crippen molar-refractivity contribution in [2.24, 2.45) is 0 Å². The van der Waals surface area contributed by atoms with Gasteiger partial charge in [0.2, 0.25) is 5.88 Å². The van der Waals surface area contributed by atoms with Crippen LogP contribution in [0.2, 0.25) is 0 Å². The third-order valence-electron chi connectivity index (χ3n) is 6.16. The predicted molar refractivity (Wildman–Crippen MR) is 135 cm³/mol. The number of rotatable bonds is 2. The van der Waals surface area contributed by atoms with Gasteiger partial charge in [-0.3, -0.25) is 9.69 Å². The number of ether oxygens (including phenoxy) is 2. The van der Waals surface area contributed by atoms with E-state index in [1.54, 1.807) is 42.4 Å². The van der Waals surface area contributed by atoms with E-state index in [-0.39, 0.29) is 23.0 Å². The number of carbonyl (C=O) groups excluding carboxylic acids is 1.